The van der Waals surface area contributed by atoms with Crippen LogP contribution in [0.5, 0.6) is 11.5 Å². The molecule has 5 heterocycles. The van der Waals surface area contributed by atoms with Gasteiger partial charge in [0.05, 0.1) is 17.6 Å². The maximum Gasteiger partial charge on any atom is 0.266 e. The molecule has 0 unspecified atom stereocenters. The van der Waals surface area contributed by atoms with Crippen molar-refractivity contribution in [3.63, 3.8) is 0 Å². The molecule has 0 saturated carbocycles. The molecular weight excluding hydrogens is 535 g/mol. The summed E-state index contributed by atoms with van der Waals surface area (Å²) in [5.74, 6) is -1.75. The summed E-state index contributed by atoms with van der Waals surface area (Å²) in [5.41, 5.74) is 1.84. The van der Waals surface area contributed by atoms with E-state index in [1.807, 2.05) is 6.20 Å². The molecular formula is C29H28F3N7O2. The normalized spacial score (nSPS) is 17.1. The van der Waals surface area contributed by atoms with Crippen LogP contribution in [-0.4, -0.2) is 62.8 Å². The lowest BCUT2D eigenvalue weighted by atomic mass is 9.89. The number of aromatic nitrogens is 4. The van der Waals surface area contributed by atoms with Gasteiger partial charge < -0.3 is 24.8 Å². The number of amides is 1. The highest BCUT2D eigenvalue weighted by Crippen LogP contribution is 2.37. The number of halogens is 3. The van der Waals surface area contributed by atoms with Crippen LogP contribution in [-0.2, 0) is 4.79 Å². The monoisotopic (exact) mass is 563 g/mol. The fourth-order valence-corrected chi connectivity index (χ4v) is 5.44. The number of benzene rings is 1. The van der Waals surface area contributed by atoms with Crippen LogP contribution in [0.3, 0.4) is 0 Å². The molecule has 0 atom stereocenters. The number of likely N-dealkylation sites (tertiary alicyclic amines) is 1. The van der Waals surface area contributed by atoms with Crippen LogP contribution in [0, 0.1) is 5.82 Å². The molecule has 2 aliphatic heterocycles. The van der Waals surface area contributed by atoms with Crippen LogP contribution in [0.15, 0.2) is 61.7 Å². The first-order valence-electron chi connectivity index (χ1n) is 13.4. The summed E-state index contributed by atoms with van der Waals surface area (Å²) < 4.78 is 48.3. The SMILES string of the molecule is C=CC(=O)N1CCC(c2c[nH]c3ncnc(Nc4ccc(Oc5ccnc(N6CCC(F)(F)C6)c5)cc4F)c23)CC1. The predicted octanol–water partition coefficient (Wildman–Crippen LogP) is 5.77. The number of H-pyrrole nitrogens is 1. The molecule has 2 aliphatic rings. The minimum absolute atomic E-state index is 0.0726. The molecule has 2 N–H and O–H groups in total. The van der Waals surface area contributed by atoms with Crippen LogP contribution in [0.25, 0.3) is 11.0 Å². The van der Waals surface area contributed by atoms with Gasteiger partial charge in [-0.25, -0.2) is 28.1 Å². The van der Waals surface area contributed by atoms with Crippen molar-refractivity contribution >= 4 is 34.3 Å². The first kappa shape index (κ1) is 26.6. The fraction of sp³-hybridized carbons (Fsp3) is 0.310. The molecule has 1 aromatic carbocycles. The zero-order valence-electron chi connectivity index (χ0n) is 22.1. The number of nitrogens with zero attached hydrogens (tertiary/aromatic N) is 5. The highest BCUT2D eigenvalue weighted by molar-refractivity contribution is 5.92. The molecule has 12 heteroatoms. The summed E-state index contributed by atoms with van der Waals surface area (Å²) in [6.07, 6.45) is 7.44. The van der Waals surface area contributed by atoms with Crippen molar-refractivity contribution in [3.05, 3.63) is 73.1 Å². The Morgan fingerprint density at radius 1 is 1.12 bits per heavy atom. The van der Waals surface area contributed by atoms with Crippen LogP contribution in [0.4, 0.5) is 30.5 Å². The molecule has 0 spiro atoms. The summed E-state index contributed by atoms with van der Waals surface area (Å²) in [7, 11) is 0. The van der Waals surface area contributed by atoms with Gasteiger partial charge in [0.25, 0.3) is 5.92 Å². The zero-order chi connectivity index (χ0) is 28.6. The van der Waals surface area contributed by atoms with Crippen molar-refractivity contribution in [1.29, 1.82) is 0 Å². The van der Waals surface area contributed by atoms with Gasteiger partial charge >= 0.3 is 0 Å². The molecule has 41 heavy (non-hydrogen) atoms. The van der Waals surface area contributed by atoms with Crippen LogP contribution in [0.1, 0.15) is 30.7 Å². The van der Waals surface area contributed by atoms with Crippen LogP contribution in [0.2, 0.25) is 0 Å². The molecule has 3 aromatic heterocycles. The van der Waals surface area contributed by atoms with E-state index >= 15 is 4.39 Å². The number of carbonyl (C=O) groups excluding carboxylic acids is 1. The van der Waals surface area contributed by atoms with E-state index in [4.69, 9.17) is 4.74 Å². The van der Waals surface area contributed by atoms with Crippen molar-refractivity contribution < 1.29 is 22.7 Å². The topological polar surface area (TPSA) is 99.3 Å². The van der Waals surface area contributed by atoms with Crippen LogP contribution >= 0.6 is 0 Å². The first-order chi connectivity index (χ1) is 19.8. The van der Waals surface area contributed by atoms with Gasteiger partial charge in [0.2, 0.25) is 5.91 Å². The Kier molecular flexibility index (Phi) is 6.98. The molecule has 0 bridgehead atoms. The van der Waals surface area contributed by atoms with E-state index in [0.29, 0.717) is 36.1 Å². The van der Waals surface area contributed by atoms with Crippen molar-refractivity contribution in [2.45, 2.75) is 31.1 Å². The van der Waals surface area contributed by atoms with Crippen molar-refractivity contribution in [2.75, 3.05) is 36.4 Å². The fourth-order valence-electron chi connectivity index (χ4n) is 5.44. The Bertz CT molecular complexity index is 1600. The Hall–Kier alpha value is -4.61. The number of alkyl halides is 2. The van der Waals surface area contributed by atoms with Gasteiger partial charge in [0.15, 0.2) is 0 Å². The summed E-state index contributed by atoms with van der Waals surface area (Å²) in [5, 5.41) is 3.87. The lowest BCUT2D eigenvalue weighted by molar-refractivity contribution is -0.127. The first-order valence-corrected chi connectivity index (χ1v) is 13.4. The van der Waals surface area contributed by atoms with E-state index in [2.05, 4.69) is 31.8 Å². The second kappa shape index (κ2) is 10.8. The molecule has 2 fully saturated rings. The number of rotatable bonds is 7. The molecule has 6 rings (SSSR count). The molecule has 9 nitrogen and oxygen atoms in total. The minimum atomic E-state index is -2.75. The summed E-state index contributed by atoms with van der Waals surface area (Å²) in [6, 6.07) is 7.56. The van der Waals surface area contributed by atoms with Gasteiger partial charge in [-0.2, -0.15) is 0 Å². The molecule has 2 saturated heterocycles. The van der Waals surface area contributed by atoms with Crippen LogP contribution < -0.4 is 15.0 Å². The Balaban J connectivity index is 1.18. The Morgan fingerprint density at radius 3 is 2.66 bits per heavy atom. The summed E-state index contributed by atoms with van der Waals surface area (Å²) in [6.45, 7) is 4.62. The maximum atomic E-state index is 15.2. The number of pyridine rings is 1. The van der Waals surface area contributed by atoms with E-state index in [1.54, 1.807) is 29.2 Å². The van der Waals surface area contributed by atoms with Crippen molar-refractivity contribution in [1.82, 2.24) is 24.8 Å². The molecule has 0 radical (unpaired) electrons. The predicted molar refractivity (Wildman–Crippen MR) is 148 cm³/mol. The lowest BCUT2D eigenvalue weighted by Gasteiger charge is -2.31. The number of hydrogen-bond donors (Lipinski definition) is 2. The zero-order valence-corrected chi connectivity index (χ0v) is 22.1. The van der Waals surface area contributed by atoms with Gasteiger partial charge in [-0.1, -0.05) is 6.58 Å². The number of piperidine rings is 1. The number of hydrogen-bond acceptors (Lipinski definition) is 7. The number of nitrogens with one attached hydrogen (secondary N) is 2. The highest BCUT2D eigenvalue weighted by atomic mass is 19.3. The van der Waals surface area contributed by atoms with E-state index in [-0.39, 0.29) is 36.2 Å². The highest BCUT2D eigenvalue weighted by Gasteiger charge is 2.38. The largest absolute Gasteiger partial charge is 0.457 e. The van der Waals surface area contributed by atoms with Gasteiger partial charge in [-0.3, -0.25) is 4.79 Å². The molecule has 1 amide bonds. The van der Waals surface area contributed by atoms with Crippen molar-refractivity contribution in [2.24, 2.45) is 0 Å². The molecule has 4 aromatic rings. The lowest BCUT2D eigenvalue weighted by Crippen LogP contribution is -2.36. The number of anilines is 3. The van der Waals surface area contributed by atoms with Gasteiger partial charge in [0, 0.05) is 50.6 Å². The number of aromatic amines is 1. The smallest absolute Gasteiger partial charge is 0.266 e. The van der Waals surface area contributed by atoms with E-state index < -0.39 is 18.3 Å². The number of carbonyl (C=O) groups is 1. The summed E-state index contributed by atoms with van der Waals surface area (Å²) in [4.78, 5) is 31.3. The van der Waals surface area contributed by atoms with Gasteiger partial charge in [0.1, 0.15) is 40.9 Å². The third kappa shape index (κ3) is 5.54. The number of ether oxygens (including phenoxy) is 1. The number of fused-ring (bicyclic) bond motifs is 1. The summed E-state index contributed by atoms with van der Waals surface area (Å²) >= 11 is 0. The quantitative estimate of drug-likeness (QED) is 0.276. The average molecular weight is 564 g/mol. The van der Waals surface area contributed by atoms with E-state index in [1.165, 1.54) is 29.6 Å². The third-order valence-corrected chi connectivity index (χ3v) is 7.56. The second-order valence-corrected chi connectivity index (χ2v) is 10.2. The van der Waals surface area contributed by atoms with E-state index in [9.17, 15) is 13.6 Å². The standard InChI is InChI=1S/C29H28F3N7O2/c1-2-25(40)38-10-6-18(7-11-38)21-15-34-27-26(21)28(36-17-35-27)37-23-4-3-19(13-22(23)30)41-20-5-9-33-24(14-20)39-12-8-29(31,32)16-39/h2-5,9,13-15,17-18H,1,6-8,10-12,16H2,(H2,34,35,36,37). The van der Waals surface area contributed by atoms with Crippen molar-refractivity contribution in [3.8, 4) is 11.5 Å². The maximum absolute atomic E-state index is 15.2. The molecule has 212 valence electrons. The van der Waals surface area contributed by atoms with Gasteiger partial charge in [-0.15, -0.1) is 0 Å². The Morgan fingerprint density at radius 2 is 1.93 bits per heavy atom. The third-order valence-electron chi connectivity index (χ3n) is 7.56. The average Bonchev–Trinajstić information content (AvgIpc) is 3.58. The van der Waals surface area contributed by atoms with Gasteiger partial charge in [-0.05, 0) is 48.6 Å². The second-order valence-electron chi connectivity index (χ2n) is 10.2. The Labute approximate surface area is 234 Å². The molecule has 0 aliphatic carbocycles. The minimum Gasteiger partial charge on any atom is -0.457 e. The van der Waals surface area contributed by atoms with E-state index in [0.717, 1.165) is 23.8 Å².